The lowest BCUT2D eigenvalue weighted by molar-refractivity contribution is -0.127. The molecular formula is C24H31NO2. The van der Waals surface area contributed by atoms with E-state index in [4.69, 9.17) is 4.74 Å². The number of hydrogen-bond acceptors (Lipinski definition) is 3. The second kappa shape index (κ2) is 7.65. The summed E-state index contributed by atoms with van der Waals surface area (Å²) in [6.45, 7) is 8.69. The van der Waals surface area contributed by atoms with Gasteiger partial charge in [0.25, 0.3) is 0 Å². The highest BCUT2D eigenvalue weighted by molar-refractivity contribution is 5.39. The van der Waals surface area contributed by atoms with Gasteiger partial charge in [-0.3, -0.25) is 4.90 Å². The van der Waals surface area contributed by atoms with Gasteiger partial charge in [0.1, 0.15) is 5.75 Å². The fraction of sp³-hybridized carbons (Fsp3) is 0.500. The van der Waals surface area contributed by atoms with Crippen LogP contribution in [0.15, 0.2) is 36.4 Å². The summed E-state index contributed by atoms with van der Waals surface area (Å²) in [5.41, 5.74) is 6.52. The van der Waals surface area contributed by atoms with Crippen molar-refractivity contribution in [2.75, 3.05) is 13.1 Å². The first-order valence-corrected chi connectivity index (χ1v) is 10.3. The highest BCUT2D eigenvalue weighted by Gasteiger charge is 2.40. The molecule has 1 unspecified atom stereocenters. The number of benzene rings is 2. The quantitative estimate of drug-likeness (QED) is 0.851. The van der Waals surface area contributed by atoms with Gasteiger partial charge in [-0.1, -0.05) is 42.3 Å². The van der Waals surface area contributed by atoms with Gasteiger partial charge >= 0.3 is 0 Å². The molecule has 3 heteroatoms. The van der Waals surface area contributed by atoms with Crippen LogP contribution < -0.4 is 0 Å². The molecule has 144 valence electrons. The molecule has 3 nitrogen and oxygen atoms in total. The monoisotopic (exact) mass is 365 g/mol. The lowest BCUT2D eigenvalue weighted by Crippen LogP contribution is -2.53. The predicted octanol–water partition coefficient (Wildman–Crippen LogP) is 4.72. The molecule has 2 aliphatic rings. The maximum absolute atomic E-state index is 10.0. The van der Waals surface area contributed by atoms with E-state index in [1.165, 1.54) is 27.8 Å². The van der Waals surface area contributed by atoms with Gasteiger partial charge in [0.05, 0.1) is 12.2 Å². The Bertz CT molecular complexity index is 796. The molecule has 2 aromatic rings. The van der Waals surface area contributed by atoms with Gasteiger partial charge in [-0.05, 0) is 74.9 Å². The van der Waals surface area contributed by atoms with E-state index in [-0.39, 0.29) is 12.2 Å². The summed E-state index contributed by atoms with van der Waals surface area (Å²) in [5, 5.41) is 10.0. The van der Waals surface area contributed by atoms with Crippen LogP contribution in [0.2, 0.25) is 0 Å². The van der Waals surface area contributed by atoms with Gasteiger partial charge in [-0.15, -0.1) is 0 Å². The van der Waals surface area contributed by atoms with Crippen LogP contribution in [0.4, 0.5) is 0 Å². The number of phenolic OH excluding ortho intramolecular Hbond substituents is 1. The Hall–Kier alpha value is -1.84. The van der Waals surface area contributed by atoms with Gasteiger partial charge in [0.2, 0.25) is 0 Å². The average Bonchev–Trinajstić information content (AvgIpc) is 2.61. The number of phenols is 1. The smallest absolute Gasteiger partial charge is 0.115 e. The van der Waals surface area contributed by atoms with Crippen LogP contribution in [0.3, 0.4) is 0 Å². The fourth-order valence-electron chi connectivity index (χ4n) is 5.03. The van der Waals surface area contributed by atoms with Crippen molar-refractivity contribution in [3.63, 3.8) is 0 Å². The van der Waals surface area contributed by atoms with E-state index in [1.807, 2.05) is 6.07 Å². The zero-order valence-electron chi connectivity index (χ0n) is 16.7. The number of aromatic hydroxyl groups is 1. The molecule has 1 aliphatic heterocycles. The minimum atomic E-state index is 0.0667. The van der Waals surface area contributed by atoms with E-state index < -0.39 is 0 Å². The first-order valence-electron chi connectivity index (χ1n) is 10.3. The first kappa shape index (κ1) is 18.5. The summed E-state index contributed by atoms with van der Waals surface area (Å²) in [7, 11) is 0. The number of nitrogens with zero attached hydrogens (tertiary/aromatic N) is 1. The Morgan fingerprint density at radius 2 is 1.89 bits per heavy atom. The molecule has 0 amide bonds. The van der Waals surface area contributed by atoms with Crippen LogP contribution in [-0.2, 0) is 17.6 Å². The van der Waals surface area contributed by atoms with E-state index in [1.54, 1.807) is 6.07 Å². The SMILES string of the molecule is CCCN1CC(Cc2cc(C)cc(C)c2)O[C@@H]2c3cc(O)ccc3CC[C@H]21. The molecule has 1 N–H and O–H groups in total. The molecule has 4 rings (SSSR count). The topological polar surface area (TPSA) is 32.7 Å². The molecular weight excluding hydrogens is 334 g/mol. The summed E-state index contributed by atoms with van der Waals surface area (Å²) in [5.74, 6) is 0.344. The average molecular weight is 366 g/mol. The Labute approximate surface area is 163 Å². The van der Waals surface area contributed by atoms with Crippen LogP contribution >= 0.6 is 0 Å². The molecule has 0 bridgehead atoms. The summed E-state index contributed by atoms with van der Waals surface area (Å²) in [6.07, 6.45) is 4.57. The van der Waals surface area contributed by atoms with Gasteiger partial charge in [-0.25, -0.2) is 0 Å². The predicted molar refractivity (Wildman–Crippen MR) is 109 cm³/mol. The van der Waals surface area contributed by atoms with E-state index in [9.17, 15) is 5.11 Å². The number of rotatable bonds is 4. The summed E-state index contributed by atoms with van der Waals surface area (Å²) < 4.78 is 6.68. The Morgan fingerprint density at radius 1 is 1.11 bits per heavy atom. The standard InChI is InChI=1S/C24H31NO2/c1-4-9-25-15-21(13-18-11-16(2)10-17(3)12-18)27-24-22-14-20(26)7-5-19(22)6-8-23(24)25/h5,7,10-12,14,21,23-24,26H,4,6,8-9,13,15H2,1-3H3/t21?,23-,24-/m1/s1. The van der Waals surface area contributed by atoms with Crippen LogP contribution in [0.25, 0.3) is 0 Å². The van der Waals surface area contributed by atoms with Crippen molar-refractivity contribution in [3.8, 4) is 5.75 Å². The summed E-state index contributed by atoms with van der Waals surface area (Å²) in [6, 6.07) is 13.0. The summed E-state index contributed by atoms with van der Waals surface area (Å²) in [4.78, 5) is 2.63. The minimum absolute atomic E-state index is 0.0667. The van der Waals surface area contributed by atoms with Crippen molar-refractivity contribution in [2.45, 2.75) is 64.7 Å². The van der Waals surface area contributed by atoms with E-state index in [2.05, 4.69) is 49.9 Å². The van der Waals surface area contributed by atoms with Crippen molar-refractivity contribution in [2.24, 2.45) is 0 Å². The molecule has 3 atom stereocenters. The maximum atomic E-state index is 10.0. The number of fused-ring (bicyclic) bond motifs is 3. The zero-order valence-corrected chi connectivity index (χ0v) is 16.7. The van der Waals surface area contributed by atoms with E-state index in [0.29, 0.717) is 11.8 Å². The molecule has 27 heavy (non-hydrogen) atoms. The lowest BCUT2D eigenvalue weighted by atomic mass is 9.83. The van der Waals surface area contributed by atoms with Crippen molar-refractivity contribution >= 4 is 0 Å². The third-order valence-corrected chi connectivity index (χ3v) is 6.00. The molecule has 0 radical (unpaired) electrons. The highest BCUT2D eigenvalue weighted by Crippen LogP contribution is 2.41. The second-order valence-corrected chi connectivity index (χ2v) is 8.36. The van der Waals surface area contributed by atoms with Gasteiger partial charge in [-0.2, -0.15) is 0 Å². The highest BCUT2D eigenvalue weighted by atomic mass is 16.5. The first-order chi connectivity index (χ1) is 13.0. The van der Waals surface area contributed by atoms with Crippen molar-refractivity contribution in [1.29, 1.82) is 0 Å². The van der Waals surface area contributed by atoms with Gasteiger partial charge in [0.15, 0.2) is 0 Å². The van der Waals surface area contributed by atoms with Gasteiger partial charge < -0.3 is 9.84 Å². The zero-order chi connectivity index (χ0) is 19.0. The number of aryl methyl sites for hydroxylation is 3. The number of morpholine rings is 1. The van der Waals surface area contributed by atoms with Gasteiger partial charge in [0, 0.05) is 12.6 Å². The molecule has 0 aromatic heterocycles. The Morgan fingerprint density at radius 3 is 2.63 bits per heavy atom. The fourth-order valence-corrected chi connectivity index (χ4v) is 5.03. The molecule has 0 spiro atoms. The maximum Gasteiger partial charge on any atom is 0.115 e. The second-order valence-electron chi connectivity index (χ2n) is 8.36. The van der Waals surface area contributed by atoms with Crippen LogP contribution in [0.5, 0.6) is 5.75 Å². The Kier molecular flexibility index (Phi) is 5.25. The molecule has 1 aliphatic carbocycles. The van der Waals surface area contributed by atoms with Crippen molar-refractivity contribution in [3.05, 3.63) is 64.2 Å². The third kappa shape index (κ3) is 3.90. The molecule has 1 heterocycles. The van der Waals surface area contributed by atoms with E-state index in [0.717, 1.165) is 38.8 Å². The molecule has 1 fully saturated rings. The normalized spacial score (nSPS) is 25.1. The molecule has 2 aromatic carbocycles. The third-order valence-electron chi connectivity index (χ3n) is 6.00. The Balaban J connectivity index is 1.62. The van der Waals surface area contributed by atoms with E-state index >= 15 is 0 Å². The number of ether oxygens (including phenoxy) is 1. The van der Waals surface area contributed by atoms with Crippen LogP contribution in [0, 0.1) is 13.8 Å². The number of hydrogen-bond donors (Lipinski definition) is 1. The molecule has 1 saturated heterocycles. The van der Waals surface area contributed by atoms with Crippen LogP contribution in [-0.4, -0.2) is 35.2 Å². The van der Waals surface area contributed by atoms with Crippen LogP contribution in [0.1, 0.15) is 53.7 Å². The molecule has 0 saturated carbocycles. The largest absolute Gasteiger partial charge is 0.508 e. The van der Waals surface area contributed by atoms with Crippen molar-refractivity contribution in [1.82, 2.24) is 4.90 Å². The minimum Gasteiger partial charge on any atom is -0.508 e. The summed E-state index contributed by atoms with van der Waals surface area (Å²) >= 11 is 0. The lowest BCUT2D eigenvalue weighted by Gasteiger charge is -2.47. The van der Waals surface area contributed by atoms with Crippen molar-refractivity contribution < 1.29 is 9.84 Å².